The third kappa shape index (κ3) is 9.89. The number of phenolic OH excluding ortho intramolecular Hbond substituents is 2. The van der Waals surface area contributed by atoms with E-state index in [-0.39, 0.29) is 46.9 Å². The minimum absolute atomic E-state index is 0.0652. The largest absolute Gasteiger partial charge is 0.506 e. The Balaban J connectivity index is 2.12. The quantitative estimate of drug-likeness (QED) is 0.114. The first-order chi connectivity index (χ1) is 21.4. The number of anilines is 1. The van der Waals surface area contributed by atoms with Gasteiger partial charge in [0, 0.05) is 70.3 Å². The number of allylic oxidation sites excluding steroid dienone is 2. The average molecular weight is 629 g/mol. The fourth-order valence-electron chi connectivity index (χ4n) is 5.59. The van der Waals surface area contributed by atoms with E-state index in [4.69, 9.17) is 24.7 Å². The standard InChI is InChI=1S/C33H48N4O8/c1-19-15-23-28(35-11-12-37-13-14-37)25(38)18-24(29(23)39)36-32(40)20(2)9-8-10-26(42-5)31(45-33(34)41)22(4)17-21(3)30(44-7)27(16-19)43-6/h8-11,17-19,21,26-27,30-31,38-39H,12-16H2,1-7H3,(H2,34,41)(H,36,40)/t19-,21+,26?,27+,30-,31+/m1/s1. The molecule has 12 heteroatoms. The van der Waals surface area contributed by atoms with E-state index < -0.39 is 24.2 Å². The van der Waals surface area contributed by atoms with E-state index in [2.05, 4.69) is 15.2 Å². The first-order valence-electron chi connectivity index (χ1n) is 15.1. The van der Waals surface area contributed by atoms with Gasteiger partial charge in [0.2, 0.25) is 0 Å². The van der Waals surface area contributed by atoms with Crippen LogP contribution in [0.25, 0.3) is 0 Å². The molecule has 2 amide bonds. The van der Waals surface area contributed by atoms with Crippen LogP contribution in [0.1, 0.15) is 39.7 Å². The number of aromatic hydroxyl groups is 2. The lowest BCUT2D eigenvalue weighted by atomic mass is 9.87. The lowest BCUT2D eigenvalue weighted by molar-refractivity contribution is -0.112. The molecule has 0 aromatic heterocycles. The van der Waals surface area contributed by atoms with E-state index in [0.717, 1.165) is 13.1 Å². The smallest absolute Gasteiger partial charge is 0.405 e. The van der Waals surface area contributed by atoms with Gasteiger partial charge in [-0.2, -0.15) is 0 Å². The highest BCUT2D eigenvalue weighted by Gasteiger charge is 2.31. The van der Waals surface area contributed by atoms with Crippen LogP contribution in [0.5, 0.6) is 11.5 Å². The molecule has 1 aromatic carbocycles. The molecule has 5 N–H and O–H groups in total. The molecule has 0 saturated carbocycles. The molecule has 1 saturated heterocycles. The lowest BCUT2D eigenvalue weighted by Gasteiger charge is -2.32. The van der Waals surface area contributed by atoms with E-state index in [1.807, 2.05) is 26.8 Å². The Hall–Kier alpha value is -3.71. The van der Waals surface area contributed by atoms with Gasteiger partial charge >= 0.3 is 6.09 Å². The molecule has 45 heavy (non-hydrogen) atoms. The summed E-state index contributed by atoms with van der Waals surface area (Å²) in [5, 5.41) is 25.1. The topological polar surface area (TPSA) is 165 Å². The number of nitrogens with zero attached hydrogens (tertiary/aromatic N) is 2. The van der Waals surface area contributed by atoms with E-state index in [0.29, 0.717) is 36.1 Å². The number of carbonyl (C=O) groups is 2. The zero-order valence-electron chi connectivity index (χ0n) is 27.3. The number of methoxy groups -OCH3 is 3. The van der Waals surface area contributed by atoms with Crippen molar-refractivity contribution >= 4 is 29.6 Å². The van der Waals surface area contributed by atoms with Crippen molar-refractivity contribution in [3.63, 3.8) is 0 Å². The average Bonchev–Trinajstić information content (AvgIpc) is 3.81. The van der Waals surface area contributed by atoms with Crippen LogP contribution < -0.4 is 11.1 Å². The zero-order chi connectivity index (χ0) is 33.3. The van der Waals surface area contributed by atoms with Crippen LogP contribution in [-0.2, 0) is 30.2 Å². The number of hydrogen-bond acceptors (Lipinski definition) is 10. The van der Waals surface area contributed by atoms with Crippen molar-refractivity contribution in [2.45, 2.75) is 65.0 Å². The second kappa shape index (κ2) is 16.6. The van der Waals surface area contributed by atoms with E-state index in [1.54, 1.807) is 45.6 Å². The molecule has 2 heterocycles. The predicted octanol–water partition coefficient (Wildman–Crippen LogP) is 4.23. The first-order valence-corrected chi connectivity index (χ1v) is 15.1. The molecular formula is C33H48N4O8. The number of primary amides is 1. The second-order valence-electron chi connectivity index (χ2n) is 11.8. The number of nitrogens with two attached hydrogens (primary N) is 1. The Bertz CT molecular complexity index is 1320. The Morgan fingerprint density at radius 2 is 1.87 bits per heavy atom. The fourth-order valence-corrected chi connectivity index (χ4v) is 5.59. The molecule has 2 bridgehead atoms. The summed E-state index contributed by atoms with van der Waals surface area (Å²) in [4.78, 5) is 31.7. The van der Waals surface area contributed by atoms with Crippen molar-refractivity contribution in [3.8, 4) is 11.5 Å². The molecule has 248 valence electrons. The van der Waals surface area contributed by atoms with Crippen LogP contribution in [0.15, 0.2) is 46.5 Å². The van der Waals surface area contributed by atoms with Gasteiger partial charge in [-0.3, -0.25) is 14.7 Å². The number of nitrogens with one attached hydrogen (secondary N) is 1. The van der Waals surface area contributed by atoms with Gasteiger partial charge in [0.05, 0.1) is 17.9 Å². The number of fused-ring (bicyclic) bond motifs is 2. The maximum Gasteiger partial charge on any atom is 0.405 e. The molecular weight excluding hydrogens is 580 g/mol. The maximum atomic E-state index is 13.1. The number of benzene rings is 1. The molecule has 2 aliphatic rings. The van der Waals surface area contributed by atoms with Crippen LogP contribution in [0.3, 0.4) is 0 Å². The molecule has 1 fully saturated rings. The van der Waals surface area contributed by atoms with Crippen LogP contribution in [0, 0.1) is 11.8 Å². The monoisotopic (exact) mass is 628 g/mol. The summed E-state index contributed by atoms with van der Waals surface area (Å²) in [6, 6.07) is 1.30. The number of hydrogen-bond donors (Lipinski definition) is 4. The third-order valence-electron chi connectivity index (χ3n) is 8.14. The third-order valence-corrected chi connectivity index (χ3v) is 8.14. The van der Waals surface area contributed by atoms with Crippen molar-refractivity contribution in [2.75, 3.05) is 46.3 Å². The summed E-state index contributed by atoms with van der Waals surface area (Å²) in [6.07, 6.45) is 6.09. The van der Waals surface area contributed by atoms with Gasteiger partial charge in [0.25, 0.3) is 5.91 Å². The number of rotatable bonds is 7. The molecule has 0 aliphatic carbocycles. The SMILES string of the molecule is COC1C=CC=C(C)C(=O)Nc2cc(O)c(N=CCN3CC3)c(c2O)C[C@@H](C)C[C@H](OC)[C@H](OC)[C@@H](C)C=C(C)[C@@H]1OC(N)=O. The second-order valence-corrected chi connectivity index (χ2v) is 11.8. The van der Waals surface area contributed by atoms with E-state index >= 15 is 0 Å². The van der Waals surface area contributed by atoms with Gasteiger partial charge in [-0.15, -0.1) is 0 Å². The van der Waals surface area contributed by atoms with Gasteiger partial charge in [0.1, 0.15) is 23.3 Å². The van der Waals surface area contributed by atoms with E-state index in [1.165, 1.54) is 13.2 Å². The van der Waals surface area contributed by atoms with Crippen LogP contribution >= 0.6 is 0 Å². The Labute approximate surface area is 265 Å². The number of aliphatic imine (C=N–C) groups is 1. The highest BCUT2D eigenvalue weighted by Crippen LogP contribution is 2.44. The summed E-state index contributed by atoms with van der Waals surface area (Å²) >= 11 is 0. The Morgan fingerprint density at radius 3 is 2.47 bits per heavy atom. The molecule has 12 nitrogen and oxygen atoms in total. The van der Waals surface area contributed by atoms with Gasteiger partial charge in [-0.25, -0.2) is 4.79 Å². The number of ether oxygens (including phenoxy) is 4. The van der Waals surface area contributed by atoms with Gasteiger partial charge in [0.15, 0.2) is 6.10 Å². The summed E-state index contributed by atoms with van der Waals surface area (Å²) in [6.45, 7) is 10.0. The fraction of sp³-hybridized carbons (Fsp3) is 0.545. The van der Waals surface area contributed by atoms with Crippen molar-refractivity contribution in [1.29, 1.82) is 0 Å². The van der Waals surface area contributed by atoms with Crippen LogP contribution in [0.4, 0.5) is 16.2 Å². The summed E-state index contributed by atoms with van der Waals surface area (Å²) in [7, 11) is 4.71. The molecule has 1 aromatic rings. The maximum absolute atomic E-state index is 13.1. The van der Waals surface area contributed by atoms with Crippen molar-refractivity contribution in [2.24, 2.45) is 22.6 Å². The Kier molecular flexibility index (Phi) is 13.2. The van der Waals surface area contributed by atoms with Crippen LogP contribution in [-0.4, -0.2) is 98.7 Å². The van der Waals surface area contributed by atoms with Crippen molar-refractivity contribution in [3.05, 3.63) is 47.1 Å². The Morgan fingerprint density at radius 1 is 1.16 bits per heavy atom. The summed E-state index contributed by atoms with van der Waals surface area (Å²) < 4.78 is 22.9. The van der Waals surface area contributed by atoms with Crippen molar-refractivity contribution < 1.29 is 38.7 Å². The van der Waals surface area contributed by atoms with Gasteiger partial charge in [-0.05, 0) is 38.2 Å². The molecule has 3 rings (SSSR count). The first kappa shape index (κ1) is 35.8. The summed E-state index contributed by atoms with van der Waals surface area (Å²) in [5.41, 5.74) is 7.16. The molecule has 0 radical (unpaired) electrons. The predicted molar refractivity (Wildman–Crippen MR) is 173 cm³/mol. The highest BCUT2D eigenvalue weighted by atomic mass is 16.6. The van der Waals surface area contributed by atoms with Gasteiger partial charge < -0.3 is 40.2 Å². The normalized spacial score (nSPS) is 27.1. The molecule has 6 atom stereocenters. The summed E-state index contributed by atoms with van der Waals surface area (Å²) in [5.74, 6) is -1.06. The van der Waals surface area contributed by atoms with Gasteiger partial charge in [-0.1, -0.05) is 38.2 Å². The number of phenols is 2. The molecule has 0 spiro atoms. The minimum atomic E-state index is -0.953. The lowest BCUT2D eigenvalue weighted by Crippen LogP contribution is -2.38. The number of carbonyl (C=O) groups excluding carboxylic acids is 2. The van der Waals surface area contributed by atoms with E-state index in [9.17, 15) is 19.8 Å². The van der Waals surface area contributed by atoms with Crippen molar-refractivity contribution in [1.82, 2.24) is 4.90 Å². The minimum Gasteiger partial charge on any atom is -0.506 e. The number of amides is 2. The molecule has 1 unspecified atom stereocenters. The van der Waals surface area contributed by atoms with Crippen LogP contribution in [0.2, 0.25) is 0 Å². The highest BCUT2D eigenvalue weighted by molar-refractivity contribution is 6.04. The molecule has 2 aliphatic heterocycles. The zero-order valence-corrected chi connectivity index (χ0v) is 27.3.